The Morgan fingerprint density at radius 2 is 1.70 bits per heavy atom. The number of H-pyrrole nitrogens is 1. The Kier molecular flexibility index (Phi) is 9.91. The minimum Gasteiger partial charge on any atom is -0.481 e. The molecule has 0 unspecified atom stereocenters. The van der Waals surface area contributed by atoms with Crippen molar-refractivity contribution in [2.24, 2.45) is 5.41 Å². The molecule has 2 N–H and O–H groups in total. The van der Waals surface area contributed by atoms with Crippen LogP contribution in [0, 0.1) is 5.41 Å². The number of carboxylic acids is 1. The number of benzene rings is 1. The summed E-state index contributed by atoms with van der Waals surface area (Å²) in [6.07, 6.45) is 20.2. The van der Waals surface area contributed by atoms with Crippen LogP contribution in [0.3, 0.4) is 0 Å². The summed E-state index contributed by atoms with van der Waals surface area (Å²) in [5, 5.41) is 9.09. The van der Waals surface area contributed by atoms with Crippen molar-refractivity contribution < 1.29 is 9.90 Å². The van der Waals surface area contributed by atoms with Crippen LogP contribution in [0.15, 0.2) is 49.1 Å². The second kappa shape index (κ2) is 14.2. The second-order valence-corrected chi connectivity index (χ2v) is 13.3. The molecule has 0 bridgehead atoms. The van der Waals surface area contributed by atoms with E-state index in [2.05, 4.69) is 35.4 Å². The fraction of sp³-hybridized carbons (Fsp3) is 0.618. The Morgan fingerprint density at radius 3 is 2.44 bits per heavy atom. The van der Waals surface area contributed by atoms with Crippen LogP contribution >= 0.6 is 0 Å². The van der Waals surface area contributed by atoms with Gasteiger partial charge in [-0.25, -0.2) is 9.97 Å². The van der Waals surface area contributed by atoms with Crippen LogP contribution < -0.4 is 0 Å². The number of aryl methyl sites for hydroxylation is 1. The van der Waals surface area contributed by atoms with E-state index in [-0.39, 0.29) is 6.42 Å². The predicted octanol–water partition coefficient (Wildman–Crippen LogP) is 4.95. The summed E-state index contributed by atoms with van der Waals surface area (Å²) in [7, 11) is 0. The van der Waals surface area contributed by atoms with Crippen LogP contribution in [0.2, 0.25) is 0 Å². The van der Waals surface area contributed by atoms with Gasteiger partial charge in [-0.2, -0.15) is 0 Å². The Balaban J connectivity index is 0.993. The van der Waals surface area contributed by atoms with Crippen molar-refractivity contribution in [2.75, 3.05) is 32.7 Å². The van der Waals surface area contributed by atoms with E-state index in [0.717, 1.165) is 61.4 Å². The molecule has 3 aliphatic rings. The van der Waals surface area contributed by atoms with E-state index in [1.807, 2.05) is 36.7 Å². The van der Waals surface area contributed by atoms with Crippen LogP contribution in [-0.2, 0) is 37.4 Å². The van der Waals surface area contributed by atoms with E-state index >= 15 is 0 Å². The second-order valence-electron chi connectivity index (χ2n) is 13.3. The van der Waals surface area contributed by atoms with Gasteiger partial charge in [0.15, 0.2) is 0 Å². The Labute approximate surface area is 256 Å². The molecule has 2 aliphatic heterocycles. The molecule has 1 spiro atoms. The third kappa shape index (κ3) is 8.13. The van der Waals surface area contributed by atoms with E-state index in [1.54, 1.807) is 6.20 Å². The molecule has 4 heterocycles. The van der Waals surface area contributed by atoms with E-state index in [0.29, 0.717) is 12.0 Å². The highest BCUT2D eigenvalue weighted by Crippen LogP contribution is 2.41. The number of aromatic nitrogens is 4. The lowest BCUT2D eigenvalue weighted by Crippen LogP contribution is -2.46. The first-order valence-electron chi connectivity index (χ1n) is 16.5. The number of rotatable bonds is 13. The molecule has 1 saturated carbocycles. The molecular formula is C34H49N7O2. The SMILES string of the molecule is O=C(O)Cc1ccc(CN(Cc2ncc[nH]2)Cc2nccn2CCCN2CCC3(CCN(C4CCCCC4)CC3)C2)cc1. The smallest absolute Gasteiger partial charge is 0.307 e. The van der Waals surface area contributed by atoms with Gasteiger partial charge in [0.25, 0.3) is 0 Å². The van der Waals surface area contributed by atoms with Crippen molar-refractivity contribution >= 4 is 5.97 Å². The number of hydrogen-bond acceptors (Lipinski definition) is 6. The van der Waals surface area contributed by atoms with E-state index in [9.17, 15) is 4.79 Å². The van der Waals surface area contributed by atoms with Gasteiger partial charge in [0.2, 0.25) is 0 Å². The average Bonchev–Trinajstić information content (AvgIpc) is 3.78. The van der Waals surface area contributed by atoms with Gasteiger partial charge in [0, 0.05) is 50.5 Å². The summed E-state index contributed by atoms with van der Waals surface area (Å²) in [6, 6.07) is 8.76. The number of piperidine rings is 1. The van der Waals surface area contributed by atoms with Crippen molar-refractivity contribution in [3.63, 3.8) is 0 Å². The summed E-state index contributed by atoms with van der Waals surface area (Å²) in [5.74, 6) is 1.19. The molecule has 1 aliphatic carbocycles. The molecule has 9 nitrogen and oxygen atoms in total. The molecule has 232 valence electrons. The van der Waals surface area contributed by atoms with Crippen molar-refractivity contribution in [1.82, 2.24) is 34.2 Å². The van der Waals surface area contributed by atoms with Crippen molar-refractivity contribution in [1.29, 1.82) is 0 Å². The molecule has 6 rings (SSSR count). The molecule has 1 aromatic carbocycles. The predicted molar refractivity (Wildman–Crippen MR) is 167 cm³/mol. The zero-order valence-electron chi connectivity index (χ0n) is 25.7. The topological polar surface area (TPSA) is 93.5 Å². The van der Waals surface area contributed by atoms with Crippen LogP contribution in [0.5, 0.6) is 0 Å². The average molecular weight is 588 g/mol. The van der Waals surface area contributed by atoms with Gasteiger partial charge in [-0.3, -0.25) is 9.69 Å². The summed E-state index contributed by atoms with van der Waals surface area (Å²) < 4.78 is 2.32. The lowest BCUT2D eigenvalue weighted by Gasteiger charge is -2.44. The van der Waals surface area contributed by atoms with Gasteiger partial charge in [0.1, 0.15) is 11.6 Å². The number of hydrogen-bond donors (Lipinski definition) is 2. The van der Waals surface area contributed by atoms with Gasteiger partial charge >= 0.3 is 5.97 Å². The summed E-state index contributed by atoms with van der Waals surface area (Å²) in [4.78, 5) is 31.4. The fourth-order valence-electron chi connectivity index (χ4n) is 7.76. The molecule has 0 atom stereocenters. The standard InChI is InChI=1S/C34H49N7O2/c42-33(43)23-28-7-9-29(10-8-28)24-39(25-31-35-14-15-36-31)26-32-37-16-22-41(32)18-4-17-38-19-11-34(27-38)12-20-40(21-13-34)30-5-2-1-3-6-30/h7-10,14-16,22,30H,1-6,11-13,17-21,23-27H2,(H,35,36)(H,42,43). The molecule has 0 amide bonds. The first kappa shape index (κ1) is 30.0. The number of aliphatic carboxylic acids is 1. The lowest BCUT2D eigenvalue weighted by atomic mass is 9.77. The fourth-order valence-corrected chi connectivity index (χ4v) is 7.76. The Bertz CT molecular complexity index is 1270. The normalized spacial score (nSPS) is 19.9. The summed E-state index contributed by atoms with van der Waals surface area (Å²) in [6.45, 7) is 9.44. The minimum atomic E-state index is -0.807. The molecule has 0 radical (unpaired) electrons. The van der Waals surface area contributed by atoms with E-state index < -0.39 is 5.97 Å². The molecule has 9 heteroatoms. The quantitative estimate of drug-likeness (QED) is 0.292. The number of likely N-dealkylation sites (tertiary alicyclic amines) is 2. The largest absolute Gasteiger partial charge is 0.481 e. The van der Waals surface area contributed by atoms with Crippen LogP contribution in [0.25, 0.3) is 0 Å². The maximum Gasteiger partial charge on any atom is 0.307 e. The molecule has 3 fully saturated rings. The Morgan fingerprint density at radius 1 is 0.930 bits per heavy atom. The van der Waals surface area contributed by atoms with Crippen molar-refractivity contribution in [3.8, 4) is 0 Å². The molecule has 43 heavy (non-hydrogen) atoms. The van der Waals surface area contributed by atoms with Gasteiger partial charge < -0.3 is 24.5 Å². The lowest BCUT2D eigenvalue weighted by molar-refractivity contribution is -0.136. The van der Waals surface area contributed by atoms with E-state index in [1.165, 1.54) is 77.5 Å². The minimum absolute atomic E-state index is 0.0469. The van der Waals surface area contributed by atoms with Crippen LogP contribution in [0.4, 0.5) is 0 Å². The number of imidazole rings is 2. The maximum absolute atomic E-state index is 11.1. The number of carbonyl (C=O) groups is 1. The van der Waals surface area contributed by atoms with Crippen LogP contribution in [-0.4, -0.2) is 84.1 Å². The zero-order valence-corrected chi connectivity index (χ0v) is 25.7. The monoisotopic (exact) mass is 587 g/mol. The van der Waals surface area contributed by atoms with Crippen molar-refractivity contribution in [2.45, 2.75) is 96.4 Å². The highest BCUT2D eigenvalue weighted by Gasteiger charge is 2.41. The van der Waals surface area contributed by atoms with Gasteiger partial charge in [0.05, 0.1) is 19.5 Å². The number of nitrogens with one attached hydrogen (secondary N) is 1. The molecule has 3 aromatic rings. The van der Waals surface area contributed by atoms with E-state index in [4.69, 9.17) is 10.1 Å². The van der Waals surface area contributed by atoms with Crippen LogP contribution in [0.1, 0.15) is 80.6 Å². The van der Waals surface area contributed by atoms with Gasteiger partial charge in [-0.1, -0.05) is 43.5 Å². The van der Waals surface area contributed by atoms with Gasteiger partial charge in [-0.15, -0.1) is 0 Å². The number of carboxylic acid groups (broad SMARTS) is 1. The third-order valence-corrected chi connectivity index (χ3v) is 10.2. The molecule has 2 aromatic heterocycles. The molecular weight excluding hydrogens is 538 g/mol. The highest BCUT2D eigenvalue weighted by molar-refractivity contribution is 5.70. The summed E-state index contributed by atoms with van der Waals surface area (Å²) >= 11 is 0. The van der Waals surface area contributed by atoms with Crippen molar-refractivity contribution in [3.05, 3.63) is 71.8 Å². The number of nitrogens with zero attached hydrogens (tertiary/aromatic N) is 6. The third-order valence-electron chi connectivity index (χ3n) is 10.2. The van der Waals surface area contributed by atoms with Gasteiger partial charge in [-0.05, 0) is 81.2 Å². The summed E-state index contributed by atoms with van der Waals surface area (Å²) in [5.41, 5.74) is 2.52. The number of aromatic amines is 1. The highest BCUT2D eigenvalue weighted by atomic mass is 16.4. The first-order valence-corrected chi connectivity index (χ1v) is 16.5. The Hall–Kier alpha value is -3.01. The first-order chi connectivity index (χ1) is 21.0. The molecule has 2 saturated heterocycles. The maximum atomic E-state index is 11.1. The zero-order chi connectivity index (χ0) is 29.5.